The van der Waals surface area contributed by atoms with Gasteiger partial charge in [0.25, 0.3) is 0 Å². The van der Waals surface area contributed by atoms with Crippen molar-refractivity contribution in [1.82, 2.24) is 4.98 Å². The van der Waals surface area contributed by atoms with E-state index >= 15 is 0 Å². The van der Waals surface area contributed by atoms with Crippen LogP contribution in [0.5, 0.6) is 0 Å². The van der Waals surface area contributed by atoms with Gasteiger partial charge in [-0.1, -0.05) is 53.5 Å². The lowest BCUT2D eigenvalue weighted by Crippen LogP contribution is -2.13. The van der Waals surface area contributed by atoms with Crippen molar-refractivity contribution in [3.8, 4) is 0 Å². The van der Waals surface area contributed by atoms with Crippen molar-refractivity contribution in [2.24, 2.45) is 0 Å². The molecule has 2 aromatic rings. The predicted octanol–water partition coefficient (Wildman–Crippen LogP) is 5.66. The Labute approximate surface area is 145 Å². The first-order valence-corrected chi connectivity index (χ1v) is 7.91. The summed E-state index contributed by atoms with van der Waals surface area (Å²) in [5, 5.41) is 12.3. The molecule has 1 aromatic heterocycles. The third kappa shape index (κ3) is 4.02. The van der Waals surface area contributed by atoms with Gasteiger partial charge in [0.1, 0.15) is 0 Å². The molecule has 2 unspecified atom stereocenters. The van der Waals surface area contributed by atoms with Crippen molar-refractivity contribution in [2.45, 2.75) is 25.4 Å². The van der Waals surface area contributed by atoms with Crippen LogP contribution in [0.3, 0.4) is 0 Å². The molecule has 1 aromatic carbocycles. The summed E-state index contributed by atoms with van der Waals surface area (Å²) in [4.78, 5) is 4.22. The van der Waals surface area contributed by atoms with Gasteiger partial charge in [-0.2, -0.15) is 0 Å². The SMILES string of the molecule is C=C(Cl)CC(c1ccc(Cl)cc1Cl)C(O)c1cccnc1C. The molecule has 1 heterocycles. The minimum absolute atomic E-state index is 0.322. The molecule has 0 aliphatic carbocycles. The first-order chi connectivity index (χ1) is 10.4. The first-order valence-electron chi connectivity index (χ1n) is 6.78. The molecule has 0 spiro atoms. The van der Waals surface area contributed by atoms with Crippen LogP contribution in [0, 0.1) is 6.92 Å². The maximum absolute atomic E-state index is 10.8. The monoisotopic (exact) mass is 355 g/mol. The summed E-state index contributed by atoms with van der Waals surface area (Å²) in [5.74, 6) is -0.322. The van der Waals surface area contributed by atoms with E-state index in [1.807, 2.05) is 19.1 Å². The number of rotatable bonds is 5. The summed E-state index contributed by atoms with van der Waals surface area (Å²) in [5.41, 5.74) is 2.30. The number of nitrogens with zero attached hydrogens (tertiary/aromatic N) is 1. The lowest BCUT2D eigenvalue weighted by atomic mass is 9.86. The van der Waals surface area contributed by atoms with Crippen molar-refractivity contribution in [1.29, 1.82) is 0 Å². The molecule has 0 saturated carbocycles. The number of pyridine rings is 1. The first kappa shape index (κ1) is 17.3. The van der Waals surface area contributed by atoms with Crippen LogP contribution in [-0.2, 0) is 0 Å². The molecule has 0 fully saturated rings. The maximum atomic E-state index is 10.8. The van der Waals surface area contributed by atoms with Crippen LogP contribution in [0.25, 0.3) is 0 Å². The highest BCUT2D eigenvalue weighted by Crippen LogP contribution is 2.40. The number of benzene rings is 1. The van der Waals surface area contributed by atoms with Gasteiger partial charge in [-0.15, -0.1) is 0 Å². The van der Waals surface area contributed by atoms with E-state index < -0.39 is 6.10 Å². The summed E-state index contributed by atoms with van der Waals surface area (Å²) in [6, 6.07) is 8.85. The highest BCUT2D eigenvalue weighted by molar-refractivity contribution is 6.35. The maximum Gasteiger partial charge on any atom is 0.0880 e. The topological polar surface area (TPSA) is 33.1 Å². The lowest BCUT2D eigenvalue weighted by Gasteiger charge is -2.25. The zero-order chi connectivity index (χ0) is 16.3. The molecule has 2 nitrogen and oxygen atoms in total. The van der Waals surface area contributed by atoms with E-state index in [1.54, 1.807) is 24.4 Å². The second kappa shape index (κ2) is 7.47. The largest absolute Gasteiger partial charge is 0.388 e. The number of allylic oxidation sites excluding steroid dienone is 1. The zero-order valence-electron chi connectivity index (χ0n) is 12.1. The summed E-state index contributed by atoms with van der Waals surface area (Å²) in [7, 11) is 0. The molecule has 1 N–H and O–H groups in total. The molecule has 5 heteroatoms. The van der Waals surface area contributed by atoms with E-state index in [1.165, 1.54) is 0 Å². The average Bonchev–Trinajstić information content (AvgIpc) is 2.45. The molecular formula is C17H16Cl3NO. The number of halogens is 3. The quantitative estimate of drug-likeness (QED) is 0.750. The fourth-order valence-corrected chi connectivity index (χ4v) is 3.17. The van der Waals surface area contributed by atoms with E-state index in [0.29, 0.717) is 21.5 Å². The van der Waals surface area contributed by atoms with E-state index in [0.717, 1.165) is 16.8 Å². The molecule has 22 heavy (non-hydrogen) atoms. The van der Waals surface area contributed by atoms with Crippen molar-refractivity contribution in [2.75, 3.05) is 0 Å². The smallest absolute Gasteiger partial charge is 0.0880 e. The van der Waals surface area contributed by atoms with Crippen molar-refractivity contribution >= 4 is 34.8 Å². The average molecular weight is 357 g/mol. The minimum atomic E-state index is -0.789. The summed E-state index contributed by atoms with van der Waals surface area (Å²) >= 11 is 18.2. The Balaban J connectivity index is 2.46. The summed E-state index contributed by atoms with van der Waals surface area (Å²) in [6.45, 7) is 5.59. The van der Waals surface area contributed by atoms with Crippen LogP contribution < -0.4 is 0 Å². The van der Waals surface area contributed by atoms with Gasteiger partial charge in [-0.05, 0) is 37.1 Å². The number of aromatic nitrogens is 1. The number of aliphatic hydroxyl groups excluding tert-OH is 1. The van der Waals surface area contributed by atoms with Gasteiger partial charge in [-0.25, -0.2) is 0 Å². The van der Waals surface area contributed by atoms with Crippen molar-refractivity contribution < 1.29 is 5.11 Å². The number of hydrogen-bond acceptors (Lipinski definition) is 2. The second-order valence-corrected chi connectivity index (χ2v) is 6.49. The Hall–Kier alpha value is -1.06. The molecule has 0 aliphatic heterocycles. The van der Waals surface area contributed by atoms with Crippen LogP contribution in [0.1, 0.15) is 35.3 Å². The van der Waals surface area contributed by atoms with Crippen LogP contribution in [0.2, 0.25) is 10.0 Å². The zero-order valence-corrected chi connectivity index (χ0v) is 14.3. The van der Waals surface area contributed by atoms with E-state index in [2.05, 4.69) is 11.6 Å². The summed E-state index contributed by atoms with van der Waals surface area (Å²) in [6.07, 6.45) is 1.30. The van der Waals surface area contributed by atoms with Crippen molar-refractivity contribution in [3.63, 3.8) is 0 Å². The second-order valence-electron chi connectivity index (χ2n) is 5.12. The van der Waals surface area contributed by atoms with Gasteiger partial charge in [-0.3, -0.25) is 4.98 Å². The molecule has 0 saturated heterocycles. The molecule has 0 amide bonds. The molecule has 0 aliphatic rings. The molecule has 116 valence electrons. The summed E-state index contributed by atoms with van der Waals surface area (Å²) < 4.78 is 0. The Kier molecular flexibility index (Phi) is 5.87. The van der Waals surface area contributed by atoms with E-state index in [-0.39, 0.29) is 5.92 Å². The van der Waals surface area contributed by atoms with Crippen molar-refractivity contribution in [3.05, 3.63) is 75.0 Å². The van der Waals surface area contributed by atoms with Gasteiger partial charge in [0.15, 0.2) is 0 Å². The van der Waals surface area contributed by atoms with E-state index in [4.69, 9.17) is 34.8 Å². The third-order valence-corrected chi connectivity index (χ3v) is 4.27. The highest BCUT2D eigenvalue weighted by atomic mass is 35.5. The Morgan fingerprint density at radius 1 is 1.27 bits per heavy atom. The molecular weight excluding hydrogens is 341 g/mol. The fraction of sp³-hybridized carbons (Fsp3) is 0.235. The van der Waals surface area contributed by atoms with Crippen LogP contribution in [0.15, 0.2) is 48.1 Å². The number of aliphatic hydroxyl groups is 1. The Morgan fingerprint density at radius 3 is 2.59 bits per heavy atom. The van der Waals surface area contributed by atoms with Crippen LogP contribution in [-0.4, -0.2) is 10.1 Å². The normalized spacial score (nSPS) is 13.7. The van der Waals surface area contributed by atoms with Crippen LogP contribution >= 0.6 is 34.8 Å². The van der Waals surface area contributed by atoms with E-state index in [9.17, 15) is 5.11 Å². The van der Waals surface area contributed by atoms with Crippen LogP contribution in [0.4, 0.5) is 0 Å². The number of aryl methyl sites for hydroxylation is 1. The van der Waals surface area contributed by atoms with Gasteiger partial charge in [0.2, 0.25) is 0 Å². The van der Waals surface area contributed by atoms with Gasteiger partial charge in [0, 0.05) is 38.4 Å². The molecule has 0 radical (unpaired) electrons. The predicted molar refractivity (Wildman–Crippen MR) is 92.7 cm³/mol. The Morgan fingerprint density at radius 2 is 2.00 bits per heavy atom. The lowest BCUT2D eigenvalue weighted by molar-refractivity contribution is 0.144. The molecule has 0 bridgehead atoms. The standard InChI is InChI=1S/C17H16Cl3NO/c1-10(18)8-15(14-6-5-12(19)9-16(14)20)17(22)13-4-3-7-21-11(13)2/h3-7,9,15,17,22H,1,8H2,2H3. The Bertz CT molecular complexity index is 687. The third-order valence-electron chi connectivity index (χ3n) is 3.55. The highest BCUT2D eigenvalue weighted by Gasteiger charge is 2.26. The minimum Gasteiger partial charge on any atom is -0.388 e. The van der Waals surface area contributed by atoms with Gasteiger partial charge >= 0.3 is 0 Å². The van der Waals surface area contributed by atoms with Gasteiger partial charge < -0.3 is 5.11 Å². The van der Waals surface area contributed by atoms with Gasteiger partial charge in [0.05, 0.1) is 6.10 Å². The fourth-order valence-electron chi connectivity index (χ4n) is 2.46. The number of hydrogen-bond donors (Lipinski definition) is 1. The molecule has 2 atom stereocenters. The molecule has 2 rings (SSSR count).